The van der Waals surface area contributed by atoms with Gasteiger partial charge < -0.3 is 29.9 Å². The van der Waals surface area contributed by atoms with Gasteiger partial charge in [0.05, 0.1) is 36.6 Å². The van der Waals surface area contributed by atoms with E-state index in [2.05, 4.69) is 19.1 Å². The number of aliphatic hydroxyl groups excluding tert-OH is 2. The first kappa shape index (κ1) is 31.4. The summed E-state index contributed by atoms with van der Waals surface area (Å²) in [6, 6.07) is 10.3. The Bertz CT molecular complexity index is 1210. The van der Waals surface area contributed by atoms with Gasteiger partial charge in [0.2, 0.25) is 0 Å². The summed E-state index contributed by atoms with van der Waals surface area (Å²) in [5, 5.41) is 46.1. The van der Waals surface area contributed by atoms with Crippen LogP contribution in [0.1, 0.15) is 78.2 Å². The van der Waals surface area contributed by atoms with E-state index in [1.807, 2.05) is 32.0 Å². The van der Waals surface area contributed by atoms with E-state index >= 15 is 0 Å². The number of carbonyl (C=O) groups is 1. The molecule has 1 heterocycles. The van der Waals surface area contributed by atoms with Gasteiger partial charge >= 0.3 is 0 Å². The van der Waals surface area contributed by atoms with Gasteiger partial charge in [-0.3, -0.25) is 4.79 Å². The summed E-state index contributed by atoms with van der Waals surface area (Å²) < 4.78 is 12.2. The SMILES string of the molecule is CC1COC(C(O)C(C)(O)C2CCC3(O)C4=CC(=O)C5CC(OCCc6ccccc6)CCC5(C)C4CCC23C)C1CO. The summed E-state index contributed by atoms with van der Waals surface area (Å²) in [6.07, 6.45) is 5.86. The highest BCUT2D eigenvalue weighted by Gasteiger charge is 2.69. The van der Waals surface area contributed by atoms with Crippen molar-refractivity contribution in [3.05, 3.63) is 47.5 Å². The van der Waals surface area contributed by atoms with E-state index in [0.29, 0.717) is 32.5 Å². The molecule has 0 radical (unpaired) electrons. The third kappa shape index (κ3) is 4.88. The van der Waals surface area contributed by atoms with Crippen LogP contribution in [0.25, 0.3) is 0 Å². The molecular formula is C36H52O7. The Balaban J connectivity index is 1.20. The number of rotatable bonds is 8. The van der Waals surface area contributed by atoms with Crippen LogP contribution in [0, 0.1) is 40.4 Å². The molecule has 12 atom stereocenters. The fourth-order valence-electron chi connectivity index (χ4n) is 10.4. The number of hydrogen-bond donors (Lipinski definition) is 4. The van der Waals surface area contributed by atoms with Crippen molar-refractivity contribution in [3.63, 3.8) is 0 Å². The summed E-state index contributed by atoms with van der Waals surface area (Å²) in [5.41, 5.74) is -1.60. The van der Waals surface area contributed by atoms with Gasteiger partial charge in [-0.2, -0.15) is 0 Å². The number of carbonyl (C=O) groups excluding carboxylic acids is 1. The number of ether oxygens (including phenoxy) is 2. The van der Waals surface area contributed by atoms with E-state index in [1.54, 1.807) is 13.0 Å². The van der Waals surface area contributed by atoms with Crippen LogP contribution in [-0.2, 0) is 20.7 Å². The average molecular weight is 597 g/mol. The lowest BCUT2D eigenvalue weighted by Crippen LogP contribution is -2.63. The number of allylic oxidation sites excluding steroid dienone is 1. The Morgan fingerprint density at radius 2 is 1.84 bits per heavy atom. The average Bonchev–Trinajstić information content (AvgIpc) is 3.50. The largest absolute Gasteiger partial charge is 0.396 e. The number of benzene rings is 1. The van der Waals surface area contributed by atoms with Crippen LogP contribution in [-0.4, -0.2) is 75.5 Å². The van der Waals surface area contributed by atoms with Gasteiger partial charge in [-0.15, -0.1) is 0 Å². The first-order valence-electron chi connectivity index (χ1n) is 16.6. The lowest BCUT2D eigenvalue weighted by atomic mass is 9.46. The molecule has 4 N–H and O–H groups in total. The molecule has 12 unspecified atom stereocenters. The topological polar surface area (TPSA) is 116 Å². The Morgan fingerprint density at radius 1 is 1.09 bits per heavy atom. The molecule has 7 heteroatoms. The molecule has 4 aliphatic carbocycles. The molecule has 1 saturated heterocycles. The predicted octanol–water partition coefficient (Wildman–Crippen LogP) is 4.24. The Kier molecular flexibility index (Phi) is 8.26. The first-order chi connectivity index (χ1) is 20.4. The molecule has 7 nitrogen and oxygen atoms in total. The lowest BCUT2D eigenvalue weighted by Gasteiger charge is -2.60. The van der Waals surface area contributed by atoms with Crippen LogP contribution < -0.4 is 0 Å². The highest BCUT2D eigenvalue weighted by atomic mass is 16.5. The van der Waals surface area contributed by atoms with E-state index in [-0.39, 0.29) is 47.6 Å². The van der Waals surface area contributed by atoms with Crippen LogP contribution in [0.5, 0.6) is 0 Å². The zero-order valence-electron chi connectivity index (χ0n) is 26.4. The minimum Gasteiger partial charge on any atom is -0.396 e. The van der Waals surface area contributed by atoms with E-state index < -0.39 is 34.7 Å². The second kappa shape index (κ2) is 11.3. The molecular weight excluding hydrogens is 544 g/mol. The number of ketones is 1. The summed E-state index contributed by atoms with van der Waals surface area (Å²) in [7, 11) is 0. The number of hydrogen-bond acceptors (Lipinski definition) is 7. The minimum absolute atomic E-state index is 0.0633. The maximum absolute atomic E-state index is 13.9. The molecule has 1 aromatic carbocycles. The van der Waals surface area contributed by atoms with Crippen molar-refractivity contribution in [3.8, 4) is 0 Å². The highest BCUT2D eigenvalue weighted by Crippen LogP contribution is 2.68. The summed E-state index contributed by atoms with van der Waals surface area (Å²) >= 11 is 0. The van der Waals surface area contributed by atoms with Crippen LogP contribution >= 0.6 is 0 Å². The maximum Gasteiger partial charge on any atom is 0.159 e. The second-order valence-electron chi connectivity index (χ2n) is 15.3. The number of aliphatic hydroxyl groups is 4. The Morgan fingerprint density at radius 3 is 2.56 bits per heavy atom. The van der Waals surface area contributed by atoms with Gasteiger partial charge in [-0.1, -0.05) is 51.1 Å². The molecule has 6 rings (SSSR count). The molecule has 0 bridgehead atoms. The van der Waals surface area contributed by atoms with Crippen molar-refractivity contribution < 1.29 is 34.7 Å². The standard InChI is InChI=1S/C36H52O7/c1-22-21-43-31(25(22)20-37)32(39)35(4,40)30-12-16-36(41)27-19-29(38)28-18-24(42-17-13-23-8-6-5-7-9-23)10-14-33(28,2)26(27)11-15-34(30,36)3/h5-9,19,22,24-26,28,30-32,37,39-41H,10-18,20-21H2,1-4H3. The van der Waals surface area contributed by atoms with Gasteiger partial charge in [0.1, 0.15) is 6.10 Å². The molecule has 238 valence electrons. The smallest absolute Gasteiger partial charge is 0.159 e. The van der Waals surface area contributed by atoms with Gasteiger partial charge in [0.25, 0.3) is 0 Å². The van der Waals surface area contributed by atoms with Crippen LogP contribution in [0.15, 0.2) is 42.0 Å². The molecule has 0 aromatic heterocycles. The predicted molar refractivity (Wildman–Crippen MR) is 163 cm³/mol. The van der Waals surface area contributed by atoms with Crippen molar-refractivity contribution in [2.24, 2.45) is 40.4 Å². The normalized spacial score (nSPS) is 44.6. The monoisotopic (exact) mass is 596 g/mol. The van der Waals surface area contributed by atoms with Crippen molar-refractivity contribution in [2.45, 2.75) is 109 Å². The van der Waals surface area contributed by atoms with E-state index in [4.69, 9.17) is 9.47 Å². The summed E-state index contributed by atoms with van der Waals surface area (Å²) in [4.78, 5) is 13.9. The van der Waals surface area contributed by atoms with Crippen LogP contribution in [0.3, 0.4) is 0 Å². The second-order valence-corrected chi connectivity index (χ2v) is 15.3. The molecule has 1 aromatic rings. The molecule has 43 heavy (non-hydrogen) atoms. The number of fused-ring (bicyclic) bond motifs is 5. The van der Waals surface area contributed by atoms with Crippen molar-refractivity contribution in [1.29, 1.82) is 0 Å². The Hall–Kier alpha value is -1.61. The van der Waals surface area contributed by atoms with E-state index in [9.17, 15) is 25.2 Å². The van der Waals surface area contributed by atoms with Crippen molar-refractivity contribution >= 4 is 5.78 Å². The summed E-state index contributed by atoms with van der Waals surface area (Å²) in [6.45, 7) is 8.92. The molecule has 1 aliphatic heterocycles. The minimum atomic E-state index is -1.53. The Labute approximate surface area is 256 Å². The molecule has 5 aliphatic rings. The fourth-order valence-corrected chi connectivity index (χ4v) is 10.4. The molecule has 0 amide bonds. The summed E-state index contributed by atoms with van der Waals surface area (Å²) in [5.74, 6) is -0.484. The highest BCUT2D eigenvalue weighted by molar-refractivity contribution is 5.95. The third-order valence-electron chi connectivity index (χ3n) is 13.2. The van der Waals surface area contributed by atoms with Gasteiger partial charge in [0.15, 0.2) is 5.78 Å². The van der Waals surface area contributed by atoms with Crippen molar-refractivity contribution in [2.75, 3.05) is 19.8 Å². The quantitative estimate of drug-likeness (QED) is 0.355. The molecule has 3 saturated carbocycles. The van der Waals surface area contributed by atoms with Crippen molar-refractivity contribution in [1.82, 2.24) is 0 Å². The zero-order valence-corrected chi connectivity index (χ0v) is 26.4. The van der Waals surface area contributed by atoms with Gasteiger partial charge in [-0.05, 0) is 98.7 Å². The third-order valence-corrected chi connectivity index (χ3v) is 13.2. The maximum atomic E-state index is 13.9. The fraction of sp³-hybridized carbons (Fsp3) is 0.750. The first-order valence-corrected chi connectivity index (χ1v) is 16.6. The zero-order chi connectivity index (χ0) is 30.8. The molecule has 0 spiro atoms. The van der Waals surface area contributed by atoms with Crippen LogP contribution in [0.2, 0.25) is 0 Å². The lowest BCUT2D eigenvalue weighted by molar-refractivity contribution is -0.194. The van der Waals surface area contributed by atoms with Gasteiger partial charge in [-0.25, -0.2) is 0 Å². The van der Waals surface area contributed by atoms with E-state index in [1.165, 1.54) is 5.56 Å². The van der Waals surface area contributed by atoms with Crippen LogP contribution in [0.4, 0.5) is 0 Å². The molecule has 4 fully saturated rings. The van der Waals surface area contributed by atoms with Gasteiger partial charge in [0, 0.05) is 23.9 Å². The van der Waals surface area contributed by atoms with E-state index in [0.717, 1.165) is 37.7 Å².